The van der Waals surface area contributed by atoms with Crippen molar-refractivity contribution in [1.82, 2.24) is 25.6 Å². The van der Waals surface area contributed by atoms with Crippen LogP contribution in [0, 0.1) is 0 Å². The van der Waals surface area contributed by atoms with Crippen LogP contribution in [0.5, 0.6) is 0 Å². The normalized spacial score (nSPS) is 12.3. The molecule has 0 radical (unpaired) electrons. The van der Waals surface area contributed by atoms with Crippen LogP contribution >= 0.6 is 11.3 Å². The van der Waals surface area contributed by atoms with E-state index in [4.69, 9.17) is 4.98 Å². The maximum absolute atomic E-state index is 4.91. The fourth-order valence-electron chi connectivity index (χ4n) is 3.31. The zero-order chi connectivity index (χ0) is 21.5. The minimum absolute atomic E-state index is 0.114. The molecular formula is C24H27N5S. The third-order valence-electron chi connectivity index (χ3n) is 5.21. The Morgan fingerprint density at radius 1 is 0.733 bits per heavy atom. The first-order valence-corrected chi connectivity index (χ1v) is 10.9. The van der Waals surface area contributed by atoms with Crippen LogP contribution in [-0.2, 0) is 10.8 Å². The second-order valence-corrected chi connectivity index (χ2v) is 10.6. The Bertz CT molecular complexity index is 1050. The summed E-state index contributed by atoms with van der Waals surface area (Å²) in [6.45, 7) is 13.4. The van der Waals surface area contributed by atoms with Gasteiger partial charge in [-0.2, -0.15) is 0 Å². The van der Waals surface area contributed by atoms with Crippen molar-refractivity contribution in [3.8, 4) is 32.5 Å². The quantitative estimate of drug-likeness (QED) is 0.428. The Labute approximate surface area is 181 Å². The largest absolute Gasteiger partial charge is 0.237 e. The maximum atomic E-state index is 4.91. The molecule has 0 aliphatic heterocycles. The molecular weight excluding hydrogens is 390 g/mol. The van der Waals surface area contributed by atoms with Gasteiger partial charge in [0.15, 0.2) is 5.01 Å². The van der Waals surface area contributed by atoms with Gasteiger partial charge < -0.3 is 0 Å². The molecule has 4 rings (SSSR count). The fourth-order valence-corrected chi connectivity index (χ4v) is 4.34. The molecule has 5 nitrogen and oxygen atoms in total. The highest BCUT2D eigenvalue weighted by Gasteiger charge is 2.20. The molecule has 154 valence electrons. The van der Waals surface area contributed by atoms with Gasteiger partial charge in [-0.25, -0.2) is 10.1 Å². The molecule has 0 saturated carbocycles. The van der Waals surface area contributed by atoms with Gasteiger partial charge in [0.2, 0.25) is 5.82 Å². The van der Waals surface area contributed by atoms with E-state index in [1.165, 1.54) is 11.1 Å². The highest BCUT2D eigenvalue weighted by Crippen LogP contribution is 2.40. The van der Waals surface area contributed by atoms with Gasteiger partial charge in [-0.1, -0.05) is 90.1 Å². The van der Waals surface area contributed by atoms with Gasteiger partial charge in [0.1, 0.15) is 0 Å². The predicted octanol–water partition coefficient (Wildman–Crippen LogP) is 6.25. The zero-order valence-electron chi connectivity index (χ0n) is 18.3. The lowest BCUT2D eigenvalue weighted by molar-refractivity contribution is 0.590. The van der Waals surface area contributed by atoms with Crippen LogP contribution < -0.4 is 0 Å². The lowest BCUT2D eigenvalue weighted by Crippen LogP contribution is -2.10. The van der Waals surface area contributed by atoms with Crippen LogP contribution in [0.4, 0.5) is 0 Å². The minimum Gasteiger partial charge on any atom is -0.237 e. The number of benzene rings is 2. The van der Waals surface area contributed by atoms with Crippen LogP contribution in [0.2, 0.25) is 0 Å². The maximum Gasteiger partial charge on any atom is 0.208 e. The van der Waals surface area contributed by atoms with Gasteiger partial charge in [0.05, 0.1) is 10.6 Å². The number of nitrogens with zero attached hydrogens (tertiary/aromatic N) is 4. The average molecular weight is 418 g/mol. The Balaban J connectivity index is 1.81. The summed E-state index contributed by atoms with van der Waals surface area (Å²) in [7, 11) is 0. The molecule has 2 heterocycles. The van der Waals surface area contributed by atoms with Crippen molar-refractivity contribution in [3.63, 3.8) is 0 Å². The number of aromatic amines is 1. The number of hydrogen-bond donors (Lipinski definition) is 1. The van der Waals surface area contributed by atoms with E-state index < -0.39 is 0 Å². The van der Waals surface area contributed by atoms with Crippen LogP contribution in [-0.4, -0.2) is 25.6 Å². The van der Waals surface area contributed by atoms with Crippen molar-refractivity contribution in [2.24, 2.45) is 0 Å². The summed E-state index contributed by atoms with van der Waals surface area (Å²) in [5.41, 5.74) is 6.04. The van der Waals surface area contributed by atoms with Crippen LogP contribution in [0.1, 0.15) is 52.7 Å². The summed E-state index contributed by atoms with van der Waals surface area (Å²) in [5, 5.41) is 15.1. The number of tetrazole rings is 1. The smallest absolute Gasteiger partial charge is 0.208 e. The molecule has 0 amide bonds. The van der Waals surface area contributed by atoms with E-state index in [2.05, 4.69) is 111 Å². The molecule has 0 fully saturated rings. The summed E-state index contributed by atoms with van der Waals surface area (Å²) >= 11 is 1.60. The number of hydrogen-bond acceptors (Lipinski definition) is 5. The number of rotatable bonds is 3. The summed E-state index contributed by atoms with van der Waals surface area (Å²) in [6, 6.07) is 17.5. The summed E-state index contributed by atoms with van der Waals surface area (Å²) in [4.78, 5) is 6.02. The zero-order valence-corrected chi connectivity index (χ0v) is 19.1. The van der Waals surface area contributed by atoms with Crippen molar-refractivity contribution in [2.45, 2.75) is 52.4 Å². The van der Waals surface area contributed by atoms with E-state index in [0.717, 1.165) is 26.7 Å². The molecule has 0 unspecified atom stereocenters. The first-order chi connectivity index (χ1) is 14.1. The van der Waals surface area contributed by atoms with E-state index in [0.29, 0.717) is 5.82 Å². The lowest BCUT2D eigenvalue weighted by Gasteiger charge is -2.19. The molecule has 2 aromatic carbocycles. The SMILES string of the molecule is CC(C)(C)c1ccc(-c2nc(-c3nnn[nH]3)sc2-c2ccc(C(C)(C)C)cc2)cc1. The van der Waals surface area contributed by atoms with Crippen molar-refractivity contribution in [3.05, 3.63) is 59.7 Å². The second-order valence-electron chi connectivity index (χ2n) is 9.60. The molecule has 2 aromatic heterocycles. The summed E-state index contributed by atoms with van der Waals surface area (Å²) < 4.78 is 0. The first-order valence-electron chi connectivity index (χ1n) is 10.1. The van der Waals surface area contributed by atoms with Crippen LogP contribution in [0.15, 0.2) is 48.5 Å². The van der Waals surface area contributed by atoms with Gasteiger partial charge >= 0.3 is 0 Å². The topological polar surface area (TPSA) is 67.3 Å². The molecule has 0 aliphatic carbocycles. The number of aromatic nitrogens is 5. The highest BCUT2D eigenvalue weighted by atomic mass is 32.1. The molecule has 0 aliphatic rings. The first kappa shape index (κ1) is 20.4. The van der Waals surface area contributed by atoms with E-state index in [-0.39, 0.29) is 10.8 Å². The van der Waals surface area contributed by atoms with Crippen molar-refractivity contribution < 1.29 is 0 Å². The molecule has 0 saturated heterocycles. The Kier molecular flexibility index (Phi) is 5.06. The van der Waals surface area contributed by atoms with Gasteiger partial charge in [0.25, 0.3) is 0 Å². The number of nitrogens with one attached hydrogen (secondary N) is 1. The van der Waals surface area contributed by atoms with Crippen LogP contribution in [0.25, 0.3) is 32.5 Å². The van der Waals surface area contributed by atoms with Crippen molar-refractivity contribution >= 4 is 11.3 Å². The third kappa shape index (κ3) is 4.05. The second kappa shape index (κ2) is 7.43. The number of thiazole rings is 1. The molecule has 0 atom stereocenters. The lowest BCUT2D eigenvalue weighted by atomic mass is 9.86. The van der Waals surface area contributed by atoms with E-state index >= 15 is 0 Å². The van der Waals surface area contributed by atoms with Gasteiger partial charge in [0, 0.05) is 5.56 Å². The van der Waals surface area contributed by atoms with Crippen LogP contribution in [0.3, 0.4) is 0 Å². The fraction of sp³-hybridized carbons (Fsp3) is 0.333. The predicted molar refractivity (Wildman–Crippen MR) is 124 cm³/mol. The third-order valence-corrected chi connectivity index (χ3v) is 6.32. The highest BCUT2D eigenvalue weighted by molar-refractivity contribution is 7.18. The average Bonchev–Trinajstić information content (AvgIpc) is 3.37. The summed E-state index contributed by atoms with van der Waals surface area (Å²) in [6.07, 6.45) is 0. The standard InChI is InChI=1S/C24H27N5S/c1-23(2,3)17-11-7-15(8-12-17)19-20(30-22(25-19)21-26-28-29-27-21)16-9-13-18(14-10-16)24(4,5)6/h7-14H,1-6H3,(H,26,27,28,29). The molecule has 6 heteroatoms. The molecule has 0 spiro atoms. The van der Waals surface area contributed by atoms with E-state index in [1.807, 2.05) is 0 Å². The Hall–Kier alpha value is -2.86. The summed E-state index contributed by atoms with van der Waals surface area (Å²) in [5.74, 6) is 0.588. The van der Waals surface area contributed by atoms with E-state index in [9.17, 15) is 0 Å². The van der Waals surface area contributed by atoms with Gasteiger partial charge in [-0.05, 0) is 37.9 Å². The van der Waals surface area contributed by atoms with E-state index in [1.54, 1.807) is 11.3 Å². The monoisotopic (exact) mass is 417 g/mol. The molecule has 1 N–H and O–H groups in total. The van der Waals surface area contributed by atoms with Gasteiger partial charge in [-0.15, -0.1) is 16.4 Å². The van der Waals surface area contributed by atoms with Gasteiger partial charge in [-0.3, -0.25) is 0 Å². The Morgan fingerprint density at radius 2 is 1.27 bits per heavy atom. The van der Waals surface area contributed by atoms with Crippen molar-refractivity contribution in [1.29, 1.82) is 0 Å². The minimum atomic E-state index is 0.114. The van der Waals surface area contributed by atoms with Crippen molar-refractivity contribution in [2.75, 3.05) is 0 Å². The molecule has 0 bridgehead atoms. The Morgan fingerprint density at radius 3 is 1.73 bits per heavy atom. The number of H-pyrrole nitrogens is 1. The molecule has 4 aromatic rings. The molecule has 30 heavy (non-hydrogen) atoms.